The van der Waals surface area contributed by atoms with Crippen LogP contribution in [-0.2, 0) is 11.8 Å². The van der Waals surface area contributed by atoms with Gasteiger partial charge in [-0.1, -0.05) is 72.6 Å². The summed E-state index contributed by atoms with van der Waals surface area (Å²) in [5.41, 5.74) is 4.58. The van der Waals surface area contributed by atoms with Gasteiger partial charge in [0.15, 0.2) is 0 Å². The lowest BCUT2D eigenvalue weighted by molar-refractivity contribution is 0.576. The van der Waals surface area contributed by atoms with Crippen molar-refractivity contribution in [2.75, 3.05) is 0 Å². The van der Waals surface area contributed by atoms with Crippen LogP contribution < -0.4 is 0 Å². The Morgan fingerprint density at radius 3 is 2.25 bits per heavy atom. The quantitative estimate of drug-likeness (QED) is 0.618. The summed E-state index contributed by atoms with van der Waals surface area (Å²) in [7, 11) is 0. The zero-order valence-corrected chi connectivity index (χ0v) is 14.3. The topological polar surface area (TPSA) is 0 Å². The first-order chi connectivity index (χ1) is 9.31. The Morgan fingerprint density at radius 1 is 1.10 bits per heavy atom. The average Bonchev–Trinajstić information content (AvgIpc) is 2.42. The van der Waals surface area contributed by atoms with Crippen molar-refractivity contribution < 1.29 is 0 Å². The van der Waals surface area contributed by atoms with E-state index in [0.29, 0.717) is 11.8 Å². The van der Waals surface area contributed by atoms with Gasteiger partial charge in [0.05, 0.1) is 0 Å². The van der Waals surface area contributed by atoms with Crippen molar-refractivity contribution in [2.45, 2.75) is 72.6 Å². The van der Waals surface area contributed by atoms with Crippen LogP contribution in [0.4, 0.5) is 0 Å². The fraction of sp³-hybridized carbons (Fsp3) is 0.600. The molecule has 1 rings (SSSR count). The molecule has 0 amide bonds. The minimum Gasteiger partial charge on any atom is -0.103 e. The minimum absolute atomic E-state index is 0.207. The van der Waals surface area contributed by atoms with Gasteiger partial charge in [-0.2, -0.15) is 0 Å². The molecule has 0 saturated carbocycles. The van der Waals surface area contributed by atoms with Crippen LogP contribution in [0, 0.1) is 17.8 Å². The predicted molar refractivity (Wildman–Crippen MR) is 90.2 cm³/mol. The Hall–Kier alpha value is -1.22. The van der Waals surface area contributed by atoms with Crippen molar-refractivity contribution in [3.05, 3.63) is 34.9 Å². The molecule has 0 nitrogen and oxygen atoms in total. The number of rotatable bonds is 3. The Morgan fingerprint density at radius 2 is 1.75 bits per heavy atom. The smallest absolute Gasteiger partial charge is 0.0240 e. The largest absolute Gasteiger partial charge is 0.103 e. The molecule has 0 radical (unpaired) electrons. The maximum Gasteiger partial charge on any atom is 0.0240 e. The van der Waals surface area contributed by atoms with Gasteiger partial charge >= 0.3 is 0 Å². The molecule has 0 aliphatic heterocycles. The molecule has 0 heteroatoms. The van der Waals surface area contributed by atoms with Crippen molar-refractivity contribution >= 4 is 0 Å². The lowest BCUT2D eigenvalue weighted by Gasteiger charge is -2.25. The Labute approximate surface area is 126 Å². The van der Waals surface area contributed by atoms with E-state index >= 15 is 0 Å². The molecule has 0 N–H and O–H groups in total. The zero-order chi connectivity index (χ0) is 15.3. The maximum atomic E-state index is 3.39. The minimum atomic E-state index is 0.207. The Kier molecular flexibility index (Phi) is 5.88. The summed E-state index contributed by atoms with van der Waals surface area (Å²) in [5, 5.41) is 0. The molecule has 0 fully saturated rings. The summed E-state index contributed by atoms with van der Waals surface area (Å²) < 4.78 is 0. The summed E-state index contributed by atoms with van der Waals surface area (Å²) in [5.74, 6) is 7.53. The van der Waals surface area contributed by atoms with E-state index in [4.69, 9.17) is 0 Å². The first-order valence-corrected chi connectivity index (χ1v) is 7.92. The molecule has 0 aliphatic rings. The molecule has 0 aliphatic carbocycles. The van der Waals surface area contributed by atoms with Crippen LogP contribution in [0.1, 0.15) is 77.5 Å². The lowest BCUT2D eigenvalue weighted by atomic mass is 9.80. The van der Waals surface area contributed by atoms with Crippen LogP contribution in [0.15, 0.2) is 18.2 Å². The molecule has 0 heterocycles. The van der Waals surface area contributed by atoms with Gasteiger partial charge in [-0.25, -0.2) is 0 Å². The van der Waals surface area contributed by atoms with E-state index in [0.717, 1.165) is 12.8 Å². The van der Waals surface area contributed by atoms with Crippen LogP contribution in [0.2, 0.25) is 0 Å². The predicted octanol–water partition coefficient (Wildman–Crippen LogP) is 5.70. The average molecular weight is 270 g/mol. The van der Waals surface area contributed by atoms with Gasteiger partial charge in [0.25, 0.3) is 0 Å². The SMILES string of the molecule is CCC#CC(C)C(C)c1cc(C(C)(C)C)ccc1CC. The second-order valence-electron chi connectivity index (χ2n) is 6.77. The van der Waals surface area contributed by atoms with Crippen LogP contribution in [0.3, 0.4) is 0 Å². The van der Waals surface area contributed by atoms with Gasteiger partial charge in [-0.3, -0.25) is 0 Å². The van der Waals surface area contributed by atoms with Crippen LogP contribution in [0.5, 0.6) is 0 Å². The maximum absolute atomic E-state index is 3.39. The first-order valence-electron chi connectivity index (χ1n) is 7.92. The molecule has 1 aromatic carbocycles. The third kappa shape index (κ3) is 4.14. The fourth-order valence-electron chi connectivity index (χ4n) is 2.46. The van der Waals surface area contributed by atoms with Crippen molar-refractivity contribution in [1.29, 1.82) is 0 Å². The highest BCUT2D eigenvalue weighted by Gasteiger charge is 2.20. The van der Waals surface area contributed by atoms with Crippen molar-refractivity contribution in [2.24, 2.45) is 5.92 Å². The molecule has 110 valence electrons. The fourth-order valence-corrected chi connectivity index (χ4v) is 2.46. The summed E-state index contributed by atoms with van der Waals surface area (Å²) in [6.45, 7) is 15.8. The molecular formula is C20H30. The van der Waals surface area contributed by atoms with Crippen LogP contribution in [0.25, 0.3) is 0 Å². The Bertz CT molecular complexity index is 491. The molecule has 0 saturated heterocycles. The molecule has 1 aromatic rings. The van der Waals surface area contributed by atoms with Crippen molar-refractivity contribution in [3.8, 4) is 11.8 Å². The van der Waals surface area contributed by atoms with Gasteiger partial charge in [0, 0.05) is 12.3 Å². The highest BCUT2D eigenvalue weighted by atomic mass is 14.2. The Balaban J connectivity index is 3.20. The van der Waals surface area contributed by atoms with Crippen molar-refractivity contribution in [3.63, 3.8) is 0 Å². The molecule has 2 atom stereocenters. The number of aryl methyl sites for hydroxylation is 1. The zero-order valence-electron chi connectivity index (χ0n) is 14.3. The van der Waals surface area contributed by atoms with Crippen LogP contribution in [-0.4, -0.2) is 0 Å². The van der Waals surface area contributed by atoms with E-state index in [9.17, 15) is 0 Å². The van der Waals surface area contributed by atoms with Crippen LogP contribution >= 0.6 is 0 Å². The first kappa shape index (κ1) is 16.8. The van der Waals surface area contributed by atoms with Crippen molar-refractivity contribution in [1.82, 2.24) is 0 Å². The molecule has 0 spiro atoms. The molecule has 0 bridgehead atoms. The van der Waals surface area contributed by atoms with Gasteiger partial charge in [-0.15, -0.1) is 5.92 Å². The van der Waals surface area contributed by atoms with E-state index in [1.807, 2.05) is 0 Å². The third-order valence-corrected chi connectivity index (χ3v) is 4.14. The van der Waals surface area contributed by atoms with E-state index in [1.165, 1.54) is 16.7 Å². The second kappa shape index (κ2) is 6.98. The lowest BCUT2D eigenvalue weighted by Crippen LogP contribution is -2.14. The summed E-state index contributed by atoms with van der Waals surface area (Å²) in [6, 6.07) is 7.01. The van der Waals surface area contributed by atoms with Gasteiger partial charge in [-0.05, 0) is 34.4 Å². The van der Waals surface area contributed by atoms with E-state index in [2.05, 4.69) is 78.5 Å². The van der Waals surface area contributed by atoms with E-state index in [-0.39, 0.29) is 5.41 Å². The standard InChI is InChI=1S/C20H30/c1-8-10-11-15(3)16(4)19-14-18(20(5,6)7)13-12-17(19)9-2/h12-16H,8-9H2,1-7H3. The molecule has 2 unspecified atom stereocenters. The number of benzene rings is 1. The number of hydrogen-bond donors (Lipinski definition) is 0. The summed E-state index contributed by atoms with van der Waals surface area (Å²) in [4.78, 5) is 0. The second-order valence-corrected chi connectivity index (χ2v) is 6.77. The normalized spacial score (nSPS) is 14.3. The molecule has 20 heavy (non-hydrogen) atoms. The third-order valence-electron chi connectivity index (χ3n) is 4.14. The van der Waals surface area contributed by atoms with Gasteiger partial charge < -0.3 is 0 Å². The van der Waals surface area contributed by atoms with Gasteiger partial charge in [0.2, 0.25) is 0 Å². The highest BCUT2D eigenvalue weighted by Crippen LogP contribution is 2.32. The molecule has 0 aromatic heterocycles. The van der Waals surface area contributed by atoms with E-state index in [1.54, 1.807) is 0 Å². The summed E-state index contributed by atoms with van der Waals surface area (Å²) in [6.07, 6.45) is 2.04. The summed E-state index contributed by atoms with van der Waals surface area (Å²) >= 11 is 0. The number of hydrogen-bond acceptors (Lipinski definition) is 0. The highest BCUT2D eigenvalue weighted by molar-refractivity contribution is 5.38. The monoisotopic (exact) mass is 270 g/mol. The van der Waals surface area contributed by atoms with E-state index < -0.39 is 0 Å². The molecular weight excluding hydrogens is 240 g/mol. The van der Waals surface area contributed by atoms with Gasteiger partial charge in [0.1, 0.15) is 0 Å².